The zero-order valence-electron chi connectivity index (χ0n) is 12.6. The van der Waals surface area contributed by atoms with Crippen molar-refractivity contribution in [2.24, 2.45) is 0 Å². The number of hydrogen-bond donors (Lipinski definition) is 1. The van der Waals surface area contributed by atoms with Crippen molar-refractivity contribution in [1.82, 2.24) is 14.8 Å². The van der Waals surface area contributed by atoms with Gasteiger partial charge in [0.15, 0.2) is 11.9 Å². The van der Waals surface area contributed by atoms with Crippen molar-refractivity contribution in [2.75, 3.05) is 11.1 Å². The Morgan fingerprint density at radius 3 is 3.00 bits per heavy atom. The average Bonchev–Trinajstić information content (AvgIpc) is 3.16. The van der Waals surface area contributed by atoms with Crippen LogP contribution >= 0.6 is 11.8 Å². The number of para-hydroxylation sites is 1. The van der Waals surface area contributed by atoms with Crippen LogP contribution in [0.25, 0.3) is 5.82 Å². The molecule has 1 aliphatic rings. The standard InChI is InChI=1S/C17H14N4O2S/c22-17(14-11-24-15-7-2-1-6-13(15)23-14)20-12-5-3-8-18-16(12)21-10-4-9-19-21/h1-10,14H,11H2,(H,20,22). The average molecular weight is 338 g/mol. The van der Waals surface area contributed by atoms with E-state index in [1.807, 2.05) is 24.3 Å². The van der Waals surface area contributed by atoms with Crippen molar-refractivity contribution >= 4 is 23.4 Å². The molecule has 0 spiro atoms. The summed E-state index contributed by atoms with van der Waals surface area (Å²) < 4.78 is 7.43. The molecule has 1 aliphatic heterocycles. The molecule has 0 saturated carbocycles. The summed E-state index contributed by atoms with van der Waals surface area (Å²) >= 11 is 1.62. The maximum atomic E-state index is 12.6. The van der Waals surface area contributed by atoms with Crippen molar-refractivity contribution in [3.63, 3.8) is 0 Å². The fourth-order valence-corrected chi connectivity index (χ4v) is 3.42. The molecule has 3 aromatic rings. The summed E-state index contributed by atoms with van der Waals surface area (Å²) in [6.45, 7) is 0. The van der Waals surface area contributed by atoms with E-state index in [2.05, 4.69) is 15.4 Å². The Kier molecular flexibility index (Phi) is 3.92. The summed E-state index contributed by atoms with van der Waals surface area (Å²) in [7, 11) is 0. The lowest BCUT2D eigenvalue weighted by Gasteiger charge is -2.24. The van der Waals surface area contributed by atoms with Crippen LogP contribution in [-0.2, 0) is 4.79 Å². The molecule has 2 aromatic heterocycles. The van der Waals surface area contributed by atoms with Crippen molar-refractivity contribution in [2.45, 2.75) is 11.0 Å². The third kappa shape index (κ3) is 2.85. The van der Waals surface area contributed by atoms with E-state index in [0.29, 0.717) is 17.3 Å². The van der Waals surface area contributed by atoms with E-state index in [9.17, 15) is 4.79 Å². The fourth-order valence-electron chi connectivity index (χ4n) is 2.43. The first-order valence-corrected chi connectivity index (χ1v) is 8.44. The third-order valence-corrected chi connectivity index (χ3v) is 4.68. The molecule has 3 heterocycles. The second kappa shape index (κ2) is 6.37. The third-order valence-electron chi connectivity index (χ3n) is 3.57. The minimum atomic E-state index is -0.546. The zero-order valence-corrected chi connectivity index (χ0v) is 13.4. The number of benzene rings is 1. The number of carbonyl (C=O) groups is 1. The Hall–Kier alpha value is -2.80. The highest BCUT2D eigenvalue weighted by molar-refractivity contribution is 7.99. The highest BCUT2D eigenvalue weighted by atomic mass is 32.2. The van der Waals surface area contributed by atoms with Gasteiger partial charge in [0.1, 0.15) is 5.75 Å². The van der Waals surface area contributed by atoms with Gasteiger partial charge in [-0.1, -0.05) is 12.1 Å². The molecule has 0 fully saturated rings. The monoisotopic (exact) mass is 338 g/mol. The number of thioether (sulfide) groups is 1. The van der Waals surface area contributed by atoms with Crippen molar-refractivity contribution in [3.8, 4) is 11.6 Å². The number of fused-ring (bicyclic) bond motifs is 1. The molecule has 0 aliphatic carbocycles. The lowest BCUT2D eigenvalue weighted by atomic mass is 10.3. The molecule has 1 aromatic carbocycles. The number of nitrogens with zero attached hydrogens (tertiary/aromatic N) is 3. The summed E-state index contributed by atoms with van der Waals surface area (Å²) in [6, 6.07) is 13.1. The van der Waals surface area contributed by atoms with Gasteiger partial charge in [-0.2, -0.15) is 5.10 Å². The SMILES string of the molecule is O=C(Nc1cccnc1-n1cccn1)C1CSc2ccccc2O1. The molecule has 4 rings (SSSR count). The van der Waals surface area contributed by atoms with E-state index in [0.717, 1.165) is 10.6 Å². The van der Waals surface area contributed by atoms with Gasteiger partial charge in [0.25, 0.3) is 5.91 Å². The second-order valence-corrected chi connectivity index (χ2v) is 6.24. The number of amides is 1. The Labute approximate surface area is 142 Å². The van der Waals surface area contributed by atoms with E-state index in [1.54, 1.807) is 53.2 Å². The molecule has 1 N–H and O–H groups in total. The lowest BCUT2D eigenvalue weighted by molar-refractivity contribution is -0.122. The summed E-state index contributed by atoms with van der Waals surface area (Å²) in [4.78, 5) is 17.9. The van der Waals surface area contributed by atoms with Gasteiger partial charge in [0.2, 0.25) is 0 Å². The van der Waals surface area contributed by atoms with Crippen LogP contribution < -0.4 is 10.1 Å². The Morgan fingerprint density at radius 1 is 1.21 bits per heavy atom. The molecule has 0 radical (unpaired) electrons. The quantitative estimate of drug-likeness (QED) is 0.795. The predicted octanol–water partition coefficient (Wildman–Crippen LogP) is 2.76. The van der Waals surface area contributed by atoms with E-state index in [-0.39, 0.29) is 5.91 Å². The first kappa shape index (κ1) is 14.8. The number of anilines is 1. The van der Waals surface area contributed by atoms with Crippen LogP contribution in [0.2, 0.25) is 0 Å². The lowest BCUT2D eigenvalue weighted by Crippen LogP contribution is -2.37. The van der Waals surface area contributed by atoms with Crippen LogP contribution in [0, 0.1) is 0 Å². The molecule has 1 atom stereocenters. The smallest absolute Gasteiger partial charge is 0.266 e. The van der Waals surface area contributed by atoms with E-state index in [4.69, 9.17) is 4.74 Å². The highest BCUT2D eigenvalue weighted by Crippen LogP contribution is 2.35. The van der Waals surface area contributed by atoms with Gasteiger partial charge in [-0.3, -0.25) is 4.79 Å². The van der Waals surface area contributed by atoms with Crippen molar-refractivity contribution < 1.29 is 9.53 Å². The van der Waals surface area contributed by atoms with Crippen LogP contribution in [0.5, 0.6) is 5.75 Å². The minimum absolute atomic E-state index is 0.196. The van der Waals surface area contributed by atoms with Gasteiger partial charge in [0.05, 0.1) is 5.69 Å². The first-order valence-electron chi connectivity index (χ1n) is 7.45. The van der Waals surface area contributed by atoms with Gasteiger partial charge in [-0.25, -0.2) is 9.67 Å². The largest absolute Gasteiger partial charge is 0.479 e. The number of aromatic nitrogens is 3. The molecular weight excluding hydrogens is 324 g/mol. The molecule has 1 amide bonds. The molecule has 120 valence electrons. The number of rotatable bonds is 3. The number of ether oxygens (including phenoxy) is 1. The molecular formula is C17H14N4O2S. The summed E-state index contributed by atoms with van der Waals surface area (Å²) in [5, 5.41) is 7.06. The first-order chi connectivity index (χ1) is 11.8. The fraction of sp³-hybridized carbons (Fsp3) is 0.118. The molecule has 1 unspecified atom stereocenters. The van der Waals surface area contributed by atoms with Crippen LogP contribution in [0.4, 0.5) is 5.69 Å². The predicted molar refractivity (Wildman–Crippen MR) is 91.6 cm³/mol. The number of hydrogen-bond acceptors (Lipinski definition) is 5. The maximum Gasteiger partial charge on any atom is 0.266 e. The molecule has 6 nitrogen and oxygen atoms in total. The normalized spacial score (nSPS) is 16.1. The van der Waals surface area contributed by atoms with Crippen LogP contribution in [0.15, 0.2) is 66.0 Å². The molecule has 0 saturated heterocycles. The van der Waals surface area contributed by atoms with E-state index < -0.39 is 6.10 Å². The van der Waals surface area contributed by atoms with Gasteiger partial charge < -0.3 is 10.1 Å². The van der Waals surface area contributed by atoms with Crippen LogP contribution in [-0.4, -0.2) is 32.5 Å². The highest BCUT2D eigenvalue weighted by Gasteiger charge is 2.27. The minimum Gasteiger partial charge on any atom is -0.479 e. The molecule has 0 bridgehead atoms. The van der Waals surface area contributed by atoms with Gasteiger partial charge in [-0.15, -0.1) is 11.8 Å². The van der Waals surface area contributed by atoms with Gasteiger partial charge in [0, 0.05) is 29.2 Å². The topological polar surface area (TPSA) is 69.0 Å². The Bertz CT molecular complexity index is 867. The van der Waals surface area contributed by atoms with Crippen molar-refractivity contribution in [1.29, 1.82) is 0 Å². The van der Waals surface area contributed by atoms with Crippen LogP contribution in [0.1, 0.15) is 0 Å². The second-order valence-electron chi connectivity index (χ2n) is 5.18. The summed E-state index contributed by atoms with van der Waals surface area (Å²) in [6.07, 6.45) is 4.56. The summed E-state index contributed by atoms with van der Waals surface area (Å²) in [5.41, 5.74) is 0.596. The Morgan fingerprint density at radius 2 is 2.12 bits per heavy atom. The van der Waals surface area contributed by atoms with Crippen molar-refractivity contribution in [3.05, 3.63) is 61.1 Å². The zero-order chi connectivity index (χ0) is 16.4. The summed E-state index contributed by atoms with van der Waals surface area (Å²) in [5.74, 6) is 1.69. The number of pyridine rings is 1. The number of carbonyl (C=O) groups excluding carboxylic acids is 1. The van der Waals surface area contributed by atoms with Crippen LogP contribution in [0.3, 0.4) is 0 Å². The Balaban J connectivity index is 1.54. The van der Waals surface area contributed by atoms with Gasteiger partial charge >= 0.3 is 0 Å². The molecule has 24 heavy (non-hydrogen) atoms. The van der Waals surface area contributed by atoms with E-state index >= 15 is 0 Å². The van der Waals surface area contributed by atoms with Gasteiger partial charge in [-0.05, 0) is 30.3 Å². The van der Waals surface area contributed by atoms with E-state index in [1.165, 1.54) is 0 Å². The number of nitrogens with one attached hydrogen (secondary N) is 1. The maximum absolute atomic E-state index is 12.6. The molecule has 7 heteroatoms.